The van der Waals surface area contributed by atoms with Gasteiger partial charge in [-0.3, -0.25) is 9.59 Å². The fourth-order valence-electron chi connectivity index (χ4n) is 4.51. The van der Waals surface area contributed by atoms with E-state index < -0.39 is 29.6 Å². The van der Waals surface area contributed by atoms with Crippen LogP contribution < -0.4 is 4.74 Å². The zero-order chi connectivity index (χ0) is 24.6. The van der Waals surface area contributed by atoms with E-state index in [-0.39, 0.29) is 0 Å². The number of hydrogen-bond donors (Lipinski definition) is 1. The Morgan fingerprint density at radius 3 is 2.37 bits per heavy atom. The average Bonchev–Trinajstić information content (AvgIpc) is 3.24. The first-order chi connectivity index (χ1) is 16.8. The number of carbonyl (C=O) groups excluding carboxylic acids is 2. The summed E-state index contributed by atoms with van der Waals surface area (Å²) in [6.07, 6.45) is 1.83. The highest BCUT2D eigenvalue weighted by Crippen LogP contribution is 2.44. The van der Waals surface area contributed by atoms with Crippen LogP contribution in [-0.4, -0.2) is 22.7 Å². The summed E-state index contributed by atoms with van der Waals surface area (Å²) in [5.41, 5.74) is 3.36. The van der Waals surface area contributed by atoms with E-state index >= 15 is 0 Å². The number of carbonyl (C=O) groups is 2. The van der Waals surface area contributed by atoms with Crippen molar-refractivity contribution in [2.45, 2.75) is 32.2 Å². The van der Waals surface area contributed by atoms with Gasteiger partial charge >= 0.3 is 11.9 Å². The van der Waals surface area contributed by atoms with Crippen LogP contribution in [0, 0.1) is 5.92 Å². The van der Waals surface area contributed by atoms with Gasteiger partial charge in [0, 0.05) is 46.9 Å². The summed E-state index contributed by atoms with van der Waals surface area (Å²) in [6.45, 7) is 3.43. The molecule has 3 aromatic carbocycles. The summed E-state index contributed by atoms with van der Waals surface area (Å²) >= 11 is 3.55. The van der Waals surface area contributed by atoms with Gasteiger partial charge in [0.05, 0.1) is 0 Å². The smallest absolute Gasteiger partial charge is 0.324 e. The maximum absolute atomic E-state index is 13.3. The summed E-state index contributed by atoms with van der Waals surface area (Å²) < 4.78 is 18.1. The zero-order valence-electron chi connectivity index (χ0n) is 19.3. The first-order valence-electron chi connectivity index (χ1n) is 11.3. The molecule has 0 bridgehead atoms. The molecule has 178 valence electrons. The average molecular weight is 534 g/mol. The number of benzene rings is 3. The Balaban J connectivity index is 1.64. The molecule has 6 nitrogen and oxygen atoms in total. The lowest BCUT2D eigenvalue weighted by atomic mass is 9.79. The molecule has 7 heteroatoms. The van der Waals surface area contributed by atoms with Gasteiger partial charge in [0.15, 0.2) is 5.92 Å². The number of aromatic amines is 1. The van der Waals surface area contributed by atoms with Gasteiger partial charge < -0.3 is 19.2 Å². The second-order valence-corrected chi connectivity index (χ2v) is 9.86. The van der Waals surface area contributed by atoms with Gasteiger partial charge in [-0.25, -0.2) is 0 Å². The SMILES string of the molecule is CC1(C)OC(=O)C([C@@H](c2cc(Br)ccc2OCc2ccccc2)c2c[nH]c3ccccc23)C(=O)O1. The Morgan fingerprint density at radius 1 is 0.943 bits per heavy atom. The summed E-state index contributed by atoms with van der Waals surface area (Å²) in [5.74, 6) is -3.91. The molecular formula is C28H24BrNO5. The molecule has 0 aliphatic carbocycles. The van der Waals surface area contributed by atoms with Crippen molar-refractivity contribution in [2.24, 2.45) is 5.92 Å². The highest BCUT2D eigenvalue weighted by Gasteiger charge is 2.49. The third-order valence-electron chi connectivity index (χ3n) is 6.03. The van der Waals surface area contributed by atoms with Crippen molar-refractivity contribution in [2.75, 3.05) is 0 Å². The number of rotatable bonds is 6. The van der Waals surface area contributed by atoms with Crippen LogP contribution in [0.4, 0.5) is 0 Å². The van der Waals surface area contributed by atoms with Gasteiger partial charge in [0.25, 0.3) is 5.79 Å². The van der Waals surface area contributed by atoms with Crippen LogP contribution in [0.15, 0.2) is 83.5 Å². The molecule has 1 N–H and O–H groups in total. The maximum Gasteiger partial charge on any atom is 0.324 e. The second-order valence-electron chi connectivity index (χ2n) is 8.94. The number of hydrogen-bond acceptors (Lipinski definition) is 5. The molecule has 1 atom stereocenters. The van der Waals surface area contributed by atoms with Gasteiger partial charge in [-0.1, -0.05) is 64.5 Å². The van der Waals surface area contributed by atoms with Crippen molar-refractivity contribution in [3.05, 3.63) is 100 Å². The molecule has 0 amide bonds. The van der Waals surface area contributed by atoms with E-state index in [2.05, 4.69) is 20.9 Å². The predicted molar refractivity (Wildman–Crippen MR) is 135 cm³/mol. The molecule has 0 saturated carbocycles. The van der Waals surface area contributed by atoms with E-state index in [0.29, 0.717) is 17.9 Å². The van der Waals surface area contributed by atoms with Crippen molar-refractivity contribution in [3.8, 4) is 5.75 Å². The Kier molecular flexibility index (Phi) is 6.11. The number of ether oxygens (including phenoxy) is 3. The van der Waals surface area contributed by atoms with E-state index in [9.17, 15) is 9.59 Å². The number of halogens is 1. The van der Waals surface area contributed by atoms with Crippen molar-refractivity contribution in [1.82, 2.24) is 4.98 Å². The number of H-pyrrole nitrogens is 1. The number of aromatic nitrogens is 1. The van der Waals surface area contributed by atoms with E-state index in [4.69, 9.17) is 14.2 Å². The first-order valence-corrected chi connectivity index (χ1v) is 12.1. The molecule has 1 fully saturated rings. The lowest BCUT2D eigenvalue weighted by molar-refractivity contribution is -0.240. The molecule has 1 aliphatic heterocycles. The molecular weight excluding hydrogens is 510 g/mol. The number of esters is 2. The van der Waals surface area contributed by atoms with Crippen LogP contribution >= 0.6 is 15.9 Å². The topological polar surface area (TPSA) is 77.6 Å². The largest absolute Gasteiger partial charge is 0.489 e. The quantitative estimate of drug-likeness (QED) is 0.239. The van der Waals surface area contributed by atoms with Gasteiger partial charge in [-0.2, -0.15) is 0 Å². The molecule has 35 heavy (non-hydrogen) atoms. The van der Waals surface area contributed by atoms with Gasteiger partial charge in [-0.05, 0) is 35.4 Å². The van der Waals surface area contributed by atoms with Crippen LogP contribution in [0.1, 0.15) is 36.5 Å². The normalized spacial score (nSPS) is 16.5. The lowest BCUT2D eigenvalue weighted by Crippen LogP contribution is -2.48. The highest BCUT2D eigenvalue weighted by molar-refractivity contribution is 9.10. The van der Waals surface area contributed by atoms with Crippen molar-refractivity contribution in [3.63, 3.8) is 0 Å². The monoisotopic (exact) mass is 533 g/mol. The molecule has 0 radical (unpaired) electrons. The molecule has 1 saturated heterocycles. The van der Waals surface area contributed by atoms with E-state index in [1.807, 2.05) is 79.0 Å². The zero-order valence-corrected chi connectivity index (χ0v) is 20.9. The molecule has 4 aromatic rings. The van der Waals surface area contributed by atoms with E-state index in [1.54, 1.807) is 13.8 Å². The minimum atomic E-state index is -1.32. The Labute approximate surface area is 211 Å². The van der Waals surface area contributed by atoms with Gasteiger partial charge in [0.1, 0.15) is 12.4 Å². The van der Waals surface area contributed by atoms with Crippen LogP contribution in [0.5, 0.6) is 5.75 Å². The first kappa shape index (κ1) is 23.2. The number of para-hydroxylation sites is 1. The second kappa shape index (κ2) is 9.23. The van der Waals surface area contributed by atoms with Crippen LogP contribution in [0.3, 0.4) is 0 Å². The number of nitrogens with one attached hydrogen (secondary N) is 1. The van der Waals surface area contributed by atoms with Crippen LogP contribution in [0.25, 0.3) is 10.9 Å². The molecule has 2 heterocycles. The number of cyclic esters (lactones) is 2. The third-order valence-corrected chi connectivity index (χ3v) is 6.53. The van der Waals surface area contributed by atoms with Crippen molar-refractivity contribution < 1.29 is 23.8 Å². The molecule has 0 unspecified atom stereocenters. The summed E-state index contributed by atoms with van der Waals surface area (Å²) in [4.78, 5) is 29.8. The molecule has 1 aromatic heterocycles. The standard InChI is InChI=1S/C28H24BrNO5/c1-28(2)34-26(31)25(27(32)35-28)24(21-15-30-22-11-7-6-10-19(21)22)20-14-18(29)12-13-23(20)33-16-17-8-4-3-5-9-17/h3-15,24-25,30H,16H2,1-2H3/t24-/m0/s1. The fourth-order valence-corrected chi connectivity index (χ4v) is 4.89. The Morgan fingerprint density at radius 2 is 1.63 bits per heavy atom. The molecule has 0 spiro atoms. The van der Waals surface area contributed by atoms with Crippen LogP contribution in [-0.2, 0) is 25.7 Å². The lowest BCUT2D eigenvalue weighted by Gasteiger charge is -2.36. The molecule has 5 rings (SSSR count). The van der Waals surface area contributed by atoms with Crippen molar-refractivity contribution in [1.29, 1.82) is 0 Å². The number of fused-ring (bicyclic) bond motifs is 1. The van der Waals surface area contributed by atoms with E-state index in [1.165, 1.54) is 0 Å². The third kappa shape index (κ3) is 4.68. The van der Waals surface area contributed by atoms with E-state index in [0.717, 1.165) is 26.5 Å². The van der Waals surface area contributed by atoms with Crippen molar-refractivity contribution >= 4 is 38.8 Å². The fraction of sp³-hybridized carbons (Fsp3) is 0.214. The summed E-state index contributed by atoms with van der Waals surface area (Å²) in [7, 11) is 0. The Bertz CT molecular complexity index is 1380. The summed E-state index contributed by atoms with van der Waals surface area (Å²) in [6, 6.07) is 23.2. The minimum absolute atomic E-state index is 0.336. The van der Waals surface area contributed by atoms with Gasteiger partial charge in [0.2, 0.25) is 0 Å². The highest BCUT2D eigenvalue weighted by atomic mass is 79.9. The maximum atomic E-state index is 13.3. The predicted octanol–water partition coefficient (Wildman–Crippen LogP) is 6.09. The Hall–Kier alpha value is -3.58. The summed E-state index contributed by atoms with van der Waals surface area (Å²) in [5, 5.41) is 0.900. The molecule has 1 aliphatic rings. The van der Waals surface area contributed by atoms with Crippen LogP contribution in [0.2, 0.25) is 0 Å². The minimum Gasteiger partial charge on any atom is -0.489 e. The van der Waals surface area contributed by atoms with Gasteiger partial charge in [-0.15, -0.1) is 0 Å².